The molecule has 0 fully saturated rings. The average molecular weight is 341 g/mol. The van der Waals surface area contributed by atoms with Gasteiger partial charge in [-0.2, -0.15) is 0 Å². The number of para-hydroxylation sites is 1. The van der Waals surface area contributed by atoms with Crippen LogP contribution in [0.2, 0.25) is 0 Å². The van der Waals surface area contributed by atoms with Gasteiger partial charge in [0.2, 0.25) is 0 Å². The molecule has 1 aromatic heterocycles. The number of ether oxygens (including phenoxy) is 3. The molecule has 0 saturated carbocycles. The fraction of sp³-hybridized carbons (Fsp3) is 0.211. The van der Waals surface area contributed by atoms with E-state index in [0.29, 0.717) is 39.8 Å². The molecule has 3 rings (SSSR count). The van der Waals surface area contributed by atoms with Gasteiger partial charge in [-0.15, -0.1) is 0 Å². The molecule has 0 aliphatic rings. The Hall–Kier alpha value is -2.99. The Morgan fingerprint density at radius 3 is 2.36 bits per heavy atom. The van der Waals surface area contributed by atoms with Gasteiger partial charge in [-0.05, 0) is 24.3 Å². The van der Waals surface area contributed by atoms with Gasteiger partial charge in [-0.3, -0.25) is 0 Å². The topological polar surface area (TPSA) is 74.0 Å². The Kier molecular flexibility index (Phi) is 4.90. The van der Waals surface area contributed by atoms with Gasteiger partial charge in [-0.1, -0.05) is 17.3 Å². The van der Waals surface area contributed by atoms with Gasteiger partial charge >= 0.3 is 0 Å². The second kappa shape index (κ2) is 7.27. The van der Waals surface area contributed by atoms with Crippen molar-refractivity contribution in [1.82, 2.24) is 5.16 Å². The van der Waals surface area contributed by atoms with Gasteiger partial charge < -0.3 is 23.8 Å². The minimum Gasteiger partial charge on any atom is -0.497 e. The number of benzene rings is 2. The van der Waals surface area contributed by atoms with Crippen LogP contribution in [0.15, 0.2) is 47.0 Å². The molecule has 1 N–H and O–H groups in total. The van der Waals surface area contributed by atoms with Crippen LogP contribution in [0, 0.1) is 0 Å². The monoisotopic (exact) mass is 341 g/mol. The third-order valence-corrected chi connectivity index (χ3v) is 3.96. The number of hydrogen-bond donors (Lipinski definition) is 1. The van der Waals surface area contributed by atoms with Crippen molar-refractivity contribution in [3.8, 4) is 39.8 Å². The van der Waals surface area contributed by atoms with E-state index in [1.54, 1.807) is 33.5 Å². The summed E-state index contributed by atoms with van der Waals surface area (Å²) >= 11 is 0. The van der Waals surface area contributed by atoms with Crippen molar-refractivity contribution in [2.24, 2.45) is 0 Å². The maximum absolute atomic E-state index is 9.93. The van der Waals surface area contributed by atoms with Gasteiger partial charge in [0.1, 0.15) is 22.9 Å². The molecule has 0 unspecified atom stereocenters. The second-order valence-electron chi connectivity index (χ2n) is 5.26. The summed E-state index contributed by atoms with van der Waals surface area (Å²) in [6, 6.07) is 12.8. The Morgan fingerprint density at radius 2 is 1.68 bits per heavy atom. The number of rotatable bonds is 6. The first-order chi connectivity index (χ1) is 12.2. The maximum Gasteiger partial charge on any atom is 0.176 e. The summed E-state index contributed by atoms with van der Waals surface area (Å²) in [4.78, 5) is 0. The Bertz CT molecular complexity index is 872. The molecule has 0 atom stereocenters. The summed E-state index contributed by atoms with van der Waals surface area (Å²) < 4.78 is 21.6. The Labute approximate surface area is 145 Å². The molecule has 130 valence electrons. The van der Waals surface area contributed by atoms with Crippen molar-refractivity contribution < 1.29 is 23.8 Å². The molecule has 0 saturated heterocycles. The highest BCUT2D eigenvalue weighted by Crippen LogP contribution is 2.40. The zero-order chi connectivity index (χ0) is 17.8. The summed E-state index contributed by atoms with van der Waals surface area (Å²) in [6.07, 6.45) is 0. The molecule has 0 spiro atoms. The summed E-state index contributed by atoms with van der Waals surface area (Å²) in [5, 5.41) is 14.1. The van der Waals surface area contributed by atoms with E-state index >= 15 is 0 Å². The number of aliphatic hydroxyl groups excluding tert-OH is 1. The number of hydrogen-bond acceptors (Lipinski definition) is 6. The predicted octanol–water partition coefficient (Wildman–Crippen LogP) is 3.53. The van der Waals surface area contributed by atoms with Crippen molar-refractivity contribution >= 4 is 0 Å². The molecule has 0 bridgehead atoms. The van der Waals surface area contributed by atoms with E-state index in [9.17, 15) is 5.11 Å². The Balaban J connectivity index is 2.16. The largest absolute Gasteiger partial charge is 0.497 e. The minimum absolute atomic E-state index is 0.235. The lowest BCUT2D eigenvalue weighted by molar-refractivity contribution is 0.281. The lowest BCUT2D eigenvalue weighted by atomic mass is 10.0. The molecule has 6 nitrogen and oxygen atoms in total. The first-order valence-corrected chi connectivity index (χ1v) is 7.68. The molecule has 25 heavy (non-hydrogen) atoms. The number of aromatic nitrogens is 1. The van der Waals surface area contributed by atoms with Crippen molar-refractivity contribution in [2.45, 2.75) is 6.61 Å². The summed E-state index contributed by atoms with van der Waals surface area (Å²) in [5.74, 6) is 2.35. The SMILES string of the molecule is COc1ccc(-c2noc(-c3ccccc3OC)c2CO)c(OC)c1. The quantitative estimate of drug-likeness (QED) is 0.739. The average Bonchev–Trinajstić information content (AvgIpc) is 3.10. The van der Waals surface area contributed by atoms with Crippen LogP contribution in [0.4, 0.5) is 0 Å². The molecule has 3 aromatic rings. The Morgan fingerprint density at radius 1 is 0.920 bits per heavy atom. The summed E-state index contributed by atoms with van der Waals surface area (Å²) in [7, 11) is 4.74. The number of methoxy groups -OCH3 is 3. The van der Waals surface area contributed by atoms with Crippen LogP contribution in [0.25, 0.3) is 22.6 Å². The standard InChI is InChI=1S/C19H19NO5/c1-22-12-8-9-13(17(10-12)24-3)18-15(11-21)19(25-20-18)14-6-4-5-7-16(14)23-2/h4-10,21H,11H2,1-3H3. The number of nitrogens with zero attached hydrogens (tertiary/aromatic N) is 1. The van der Waals surface area contributed by atoms with Crippen molar-refractivity contribution in [3.05, 3.63) is 48.0 Å². The van der Waals surface area contributed by atoms with E-state index in [2.05, 4.69) is 5.16 Å². The highest BCUT2D eigenvalue weighted by molar-refractivity contribution is 5.78. The normalized spacial score (nSPS) is 10.6. The van der Waals surface area contributed by atoms with Gasteiger partial charge in [0, 0.05) is 11.6 Å². The van der Waals surface area contributed by atoms with E-state index in [0.717, 1.165) is 5.56 Å². The molecule has 0 amide bonds. The van der Waals surface area contributed by atoms with E-state index < -0.39 is 0 Å². The molecule has 1 heterocycles. The fourth-order valence-corrected chi connectivity index (χ4v) is 2.71. The zero-order valence-electron chi connectivity index (χ0n) is 14.3. The molecule has 0 aliphatic carbocycles. The summed E-state index contributed by atoms with van der Waals surface area (Å²) in [6.45, 7) is -0.235. The van der Waals surface area contributed by atoms with Crippen LogP contribution in [-0.4, -0.2) is 31.6 Å². The van der Waals surface area contributed by atoms with E-state index in [1.807, 2.05) is 30.3 Å². The third kappa shape index (κ3) is 3.04. The number of aliphatic hydroxyl groups is 1. The molecule has 0 aliphatic heterocycles. The van der Waals surface area contributed by atoms with Crippen LogP contribution < -0.4 is 14.2 Å². The summed E-state index contributed by atoms with van der Waals surface area (Å²) in [5.41, 5.74) is 2.51. The predicted molar refractivity (Wildman–Crippen MR) is 93.0 cm³/mol. The zero-order valence-corrected chi connectivity index (χ0v) is 14.3. The van der Waals surface area contributed by atoms with Crippen LogP contribution in [0.3, 0.4) is 0 Å². The first-order valence-electron chi connectivity index (χ1n) is 7.68. The van der Waals surface area contributed by atoms with Crippen LogP contribution in [0.5, 0.6) is 17.2 Å². The van der Waals surface area contributed by atoms with Gasteiger partial charge in [0.15, 0.2) is 5.76 Å². The lowest BCUT2D eigenvalue weighted by Crippen LogP contribution is -1.94. The maximum atomic E-state index is 9.93. The van der Waals surface area contributed by atoms with E-state index in [1.165, 1.54) is 0 Å². The second-order valence-corrected chi connectivity index (χ2v) is 5.26. The molecular formula is C19H19NO5. The smallest absolute Gasteiger partial charge is 0.176 e. The third-order valence-electron chi connectivity index (χ3n) is 3.96. The molecule has 0 radical (unpaired) electrons. The van der Waals surface area contributed by atoms with Crippen LogP contribution in [0.1, 0.15) is 5.56 Å². The molecular weight excluding hydrogens is 322 g/mol. The van der Waals surface area contributed by atoms with Crippen molar-refractivity contribution in [1.29, 1.82) is 0 Å². The van der Waals surface area contributed by atoms with Crippen LogP contribution in [-0.2, 0) is 6.61 Å². The fourth-order valence-electron chi connectivity index (χ4n) is 2.71. The van der Waals surface area contributed by atoms with Crippen molar-refractivity contribution in [3.63, 3.8) is 0 Å². The van der Waals surface area contributed by atoms with Gasteiger partial charge in [0.05, 0.1) is 39.1 Å². The van der Waals surface area contributed by atoms with Crippen molar-refractivity contribution in [2.75, 3.05) is 21.3 Å². The minimum atomic E-state index is -0.235. The molecule has 6 heteroatoms. The molecule has 2 aromatic carbocycles. The van der Waals surface area contributed by atoms with E-state index in [-0.39, 0.29) is 6.61 Å². The van der Waals surface area contributed by atoms with Gasteiger partial charge in [0.25, 0.3) is 0 Å². The van der Waals surface area contributed by atoms with Crippen LogP contribution >= 0.6 is 0 Å². The van der Waals surface area contributed by atoms with Gasteiger partial charge in [-0.25, -0.2) is 0 Å². The van der Waals surface area contributed by atoms with E-state index in [4.69, 9.17) is 18.7 Å². The lowest BCUT2D eigenvalue weighted by Gasteiger charge is -2.10. The highest BCUT2D eigenvalue weighted by atomic mass is 16.5. The highest BCUT2D eigenvalue weighted by Gasteiger charge is 2.23. The first kappa shape index (κ1) is 16.9.